The van der Waals surface area contributed by atoms with Gasteiger partial charge in [0.25, 0.3) is 5.91 Å². The molecule has 1 heterocycles. The molecule has 0 bridgehead atoms. The van der Waals surface area contributed by atoms with Gasteiger partial charge in [-0.25, -0.2) is 9.07 Å². The molecule has 0 spiro atoms. The number of esters is 1. The zero-order chi connectivity index (χ0) is 24.6. The highest BCUT2D eigenvalue weighted by Crippen LogP contribution is 2.38. The van der Waals surface area contributed by atoms with Crippen molar-refractivity contribution in [1.82, 2.24) is 9.78 Å². The molecule has 8 nitrogen and oxygen atoms in total. The monoisotopic (exact) mass is 507 g/mol. The highest BCUT2D eigenvalue weighted by atomic mass is 35.5. The standard InChI is InChI=1S/C25H34FN5O3.ClH/c1-4-17-15-8-9-25(2,3)12-20(15)31(30-17)14-10-16(26)23(24(28)33)19(11-14)29-18-6-5-7-21(18)34-22(32)13-27;/h10-11,18,21,29H,4-9,12-13,27H2,1-3H3,(H2,28,33);1H/t18-,21-;/m0./s1. The first-order valence-electron chi connectivity index (χ1n) is 12.0. The molecule has 1 saturated carbocycles. The van der Waals surface area contributed by atoms with Crippen molar-refractivity contribution in [1.29, 1.82) is 0 Å². The van der Waals surface area contributed by atoms with Crippen molar-refractivity contribution in [3.8, 4) is 5.69 Å². The molecule has 1 aromatic carbocycles. The van der Waals surface area contributed by atoms with E-state index >= 15 is 4.39 Å². The number of nitrogens with zero attached hydrogens (tertiary/aromatic N) is 2. The van der Waals surface area contributed by atoms with Gasteiger partial charge in [-0.15, -0.1) is 12.4 Å². The number of carbonyl (C=O) groups excluding carboxylic acids is 2. The summed E-state index contributed by atoms with van der Waals surface area (Å²) in [5.74, 6) is -2.07. The van der Waals surface area contributed by atoms with Crippen LogP contribution >= 0.6 is 12.4 Å². The quantitative estimate of drug-likeness (QED) is 0.493. The van der Waals surface area contributed by atoms with Crippen molar-refractivity contribution in [3.05, 3.63) is 40.5 Å². The molecule has 2 aliphatic rings. The van der Waals surface area contributed by atoms with Gasteiger partial charge in [-0.05, 0) is 62.0 Å². The van der Waals surface area contributed by atoms with Crippen LogP contribution in [0.2, 0.25) is 0 Å². The second-order valence-electron chi connectivity index (χ2n) is 10.1. The highest BCUT2D eigenvalue weighted by Gasteiger charge is 2.33. The summed E-state index contributed by atoms with van der Waals surface area (Å²) < 4.78 is 22.5. The van der Waals surface area contributed by atoms with E-state index < -0.39 is 23.8 Å². The number of hydrogen-bond acceptors (Lipinski definition) is 6. The Bertz CT molecular complexity index is 1120. The van der Waals surface area contributed by atoms with Gasteiger partial charge in [0, 0.05) is 11.8 Å². The Kier molecular flexibility index (Phi) is 8.11. The topological polar surface area (TPSA) is 125 Å². The van der Waals surface area contributed by atoms with Crippen LogP contribution in [0.1, 0.15) is 73.8 Å². The van der Waals surface area contributed by atoms with Gasteiger partial charge in [-0.2, -0.15) is 5.10 Å². The van der Waals surface area contributed by atoms with E-state index in [4.69, 9.17) is 21.3 Å². The minimum atomic E-state index is -0.863. The molecule has 1 fully saturated rings. The predicted molar refractivity (Wildman–Crippen MR) is 135 cm³/mol. The molecule has 10 heteroatoms. The summed E-state index contributed by atoms with van der Waals surface area (Å²) in [6, 6.07) is 2.76. The fraction of sp³-hybridized carbons (Fsp3) is 0.560. The molecule has 0 unspecified atom stereocenters. The largest absolute Gasteiger partial charge is 0.459 e. The van der Waals surface area contributed by atoms with E-state index in [0.29, 0.717) is 18.5 Å². The molecule has 0 radical (unpaired) electrons. The first-order chi connectivity index (χ1) is 16.1. The Labute approximate surface area is 211 Å². The number of nitrogens with one attached hydrogen (secondary N) is 1. The highest BCUT2D eigenvalue weighted by molar-refractivity contribution is 5.99. The lowest BCUT2D eigenvalue weighted by Crippen LogP contribution is -2.35. The minimum Gasteiger partial charge on any atom is -0.459 e. The SMILES string of the molecule is CCc1nn(-c2cc(F)c(C(N)=O)c(N[C@H]3CCC[C@@H]3OC(=O)CN)c2)c2c1CCC(C)(C)C2.Cl. The first-order valence-corrected chi connectivity index (χ1v) is 12.0. The second-order valence-corrected chi connectivity index (χ2v) is 10.1. The lowest BCUT2D eigenvalue weighted by molar-refractivity contribution is -0.147. The summed E-state index contributed by atoms with van der Waals surface area (Å²) >= 11 is 0. The predicted octanol–water partition coefficient (Wildman–Crippen LogP) is 3.44. The van der Waals surface area contributed by atoms with Gasteiger partial charge in [0.2, 0.25) is 0 Å². The molecule has 0 saturated heterocycles. The van der Waals surface area contributed by atoms with Crippen molar-refractivity contribution in [2.75, 3.05) is 11.9 Å². The van der Waals surface area contributed by atoms with Crippen molar-refractivity contribution < 1.29 is 18.7 Å². The number of halogens is 2. The number of aromatic nitrogens is 2. The number of benzene rings is 1. The van der Waals surface area contributed by atoms with Crippen LogP contribution in [-0.2, 0) is 28.8 Å². The van der Waals surface area contributed by atoms with Gasteiger partial charge < -0.3 is 21.5 Å². The van der Waals surface area contributed by atoms with Crippen LogP contribution in [0.5, 0.6) is 0 Å². The summed E-state index contributed by atoms with van der Waals surface area (Å²) in [5.41, 5.74) is 15.0. The molecule has 2 aliphatic carbocycles. The number of rotatable bonds is 7. The van der Waals surface area contributed by atoms with Crippen molar-refractivity contribution in [3.63, 3.8) is 0 Å². The Balaban J connectivity index is 0.00000342. The van der Waals surface area contributed by atoms with Crippen LogP contribution in [-0.4, -0.2) is 40.3 Å². The fourth-order valence-corrected chi connectivity index (χ4v) is 5.24. The summed E-state index contributed by atoms with van der Waals surface area (Å²) in [6.07, 6.45) is 5.43. The average Bonchev–Trinajstić information content (AvgIpc) is 3.35. The number of carbonyl (C=O) groups is 2. The van der Waals surface area contributed by atoms with Gasteiger partial charge in [-0.3, -0.25) is 9.59 Å². The van der Waals surface area contributed by atoms with E-state index in [9.17, 15) is 9.59 Å². The van der Waals surface area contributed by atoms with Gasteiger partial charge >= 0.3 is 5.97 Å². The third kappa shape index (κ3) is 5.46. The van der Waals surface area contributed by atoms with E-state index in [1.807, 2.05) is 4.68 Å². The van der Waals surface area contributed by atoms with E-state index in [-0.39, 0.29) is 41.7 Å². The number of anilines is 1. The number of primary amides is 1. The van der Waals surface area contributed by atoms with E-state index in [1.165, 1.54) is 11.6 Å². The molecule has 5 N–H and O–H groups in total. The lowest BCUT2D eigenvalue weighted by atomic mass is 9.76. The molecule has 0 aliphatic heterocycles. The van der Waals surface area contributed by atoms with Gasteiger partial charge in [0.05, 0.1) is 35.2 Å². The van der Waals surface area contributed by atoms with Gasteiger partial charge in [-0.1, -0.05) is 20.8 Å². The summed E-state index contributed by atoms with van der Waals surface area (Å²) in [4.78, 5) is 23.9. The number of nitrogens with two attached hydrogens (primary N) is 2. The van der Waals surface area contributed by atoms with Gasteiger partial charge in [0.15, 0.2) is 0 Å². The maximum Gasteiger partial charge on any atom is 0.320 e. The number of hydrogen-bond donors (Lipinski definition) is 3. The molecule has 2 atom stereocenters. The fourth-order valence-electron chi connectivity index (χ4n) is 5.24. The smallest absolute Gasteiger partial charge is 0.320 e. The van der Waals surface area contributed by atoms with Crippen LogP contribution < -0.4 is 16.8 Å². The van der Waals surface area contributed by atoms with Crippen LogP contribution in [0.15, 0.2) is 12.1 Å². The normalized spacial score (nSPS) is 20.6. The van der Waals surface area contributed by atoms with Crippen LogP contribution in [0.3, 0.4) is 0 Å². The first kappa shape index (κ1) is 26.9. The molecule has 1 aromatic heterocycles. The summed E-state index contributed by atoms with van der Waals surface area (Å²) in [6.45, 7) is 6.32. The van der Waals surface area contributed by atoms with E-state index in [0.717, 1.165) is 43.5 Å². The van der Waals surface area contributed by atoms with Crippen molar-refractivity contribution >= 4 is 30.0 Å². The lowest BCUT2D eigenvalue weighted by Gasteiger charge is -2.30. The number of aryl methyl sites for hydroxylation is 1. The molecule has 1 amide bonds. The van der Waals surface area contributed by atoms with E-state index in [2.05, 4.69) is 26.1 Å². The number of amides is 1. The molecular formula is C25H35ClFN5O3. The molecule has 4 rings (SSSR count). The third-order valence-electron chi connectivity index (χ3n) is 7.01. The Morgan fingerprint density at radius 1 is 1.31 bits per heavy atom. The molecule has 192 valence electrons. The maximum atomic E-state index is 15.3. The van der Waals surface area contributed by atoms with Crippen molar-refractivity contribution in [2.45, 2.75) is 77.9 Å². The maximum absolute atomic E-state index is 15.3. The molecule has 35 heavy (non-hydrogen) atoms. The zero-order valence-corrected chi connectivity index (χ0v) is 21.3. The summed E-state index contributed by atoms with van der Waals surface area (Å²) in [7, 11) is 0. The van der Waals surface area contributed by atoms with Crippen LogP contribution in [0, 0.1) is 11.2 Å². The number of fused-ring (bicyclic) bond motifs is 1. The zero-order valence-electron chi connectivity index (χ0n) is 20.5. The van der Waals surface area contributed by atoms with E-state index in [1.54, 1.807) is 6.07 Å². The van der Waals surface area contributed by atoms with Gasteiger partial charge in [0.1, 0.15) is 11.9 Å². The number of ether oxygens (including phenoxy) is 1. The summed E-state index contributed by atoms with van der Waals surface area (Å²) in [5, 5.41) is 8.06. The van der Waals surface area contributed by atoms with Crippen LogP contribution in [0.4, 0.5) is 10.1 Å². The third-order valence-corrected chi connectivity index (χ3v) is 7.01. The Hall–Kier alpha value is -2.65. The molecule has 2 aromatic rings. The molecular weight excluding hydrogens is 473 g/mol. The van der Waals surface area contributed by atoms with Crippen molar-refractivity contribution in [2.24, 2.45) is 16.9 Å². The van der Waals surface area contributed by atoms with Crippen LogP contribution in [0.25, 0.3) is 5.69 Å². The Morgan fingerprint density at radius 3 is 2.71 bits per heavy atom. The minimum absolute atomic E-state index is 0. The second kappa shape index (κ2) is 10.5. The average molecular weight is 508 g/mol. The Morgan fingerprint density at radius 2 is 2.06 bits per heavy atom.